The number of nitrogens with one attached hydrogen (secondary N) is 2. The summed E-state index contributed by atoms with van der Waals surface area (Å²) in [6, 6.07) is 10.6. The van der Waals surface area contributed by atoms with E-state index < -0.39 is 0 Å². The van der Waals surface area contributed by atoms with Gasteiger partial charge in [0, 0.05) is 33.4 Å². The number of guanidine groups is 1. The van der Waals surface area contributed by atoms with E-state index in [0.717, 1.165) is 58.1 Å². The van der Waals surface area contributed by atoms with E-state index in [0.29, 0.717) is 0 Å². The Hall–Kier alpha value is -0.860. The number of rotatable bonds is 9. The van der Waals surface area contributed by atoms with Gasteiger partial charge in [-0.15, -0.1) is 24.0 Å². The maximum absolute atomic E-state index is 5.77. The van der Waals surface area contributed by atoms with Crippen molar-refractivity contribution in [3.05, 3.63) is 35.9 Å². The molecule has 0 amide bonds. The highest BCUT2D eigenvalue weighted by Gasteiger charge is 2.19. The Kier molecular flexibility index (Phi) is 11.2. The van der Waals surface area contributed by atoms with E-state index in [9.17, 15) is 0 Å². The fourth-order valence-electron chi connectivity index (χ4n) is 2.93. The average molecular weight is 475 g/mol. The van der Waals surface area contributed by atoms with Gasteiger partial charge in [0.15, 0.2) is 5.96 Å². The third-order valence-electron chi connectivity index (χ3n) is 4.34. The lowest BCUT2D eigenvalue weighted by Crippen LogP contribution is -2.43. The van der Waals surface area contributed by atoms with Gasteiger partial charge in [0.2, 0.25) is 0 Å². The lowest BCUT2D eigenvalue weighted by Gasteiger charge is -2.26. The Labute approximate surface area is 175 Å². The Morgan fingerprint density at radius 1 is 1.27 bits per heavy atom. The van der Waals surface area contributed by atoms with Crippen molar-refractivity contribution in [2.24, 2.45) is 10.4 Å². The molecule has 2 N–H and O–H groups in total. The summed E-state index contributed by atoms with van der Waals surface area (Å²) in [4.78, 5) is 4.31. The fraction of sp³-hybridized carbons (Fsp3) is 0.650. The summed E-state index contributed by atoms with van der Waals surface area (Å²) in [5.74, 6) is 0.852. The predicted octanol–water partition coefficient (Wildman–Crippen LogP) is 3.23. The molecule has 6 heteroatoms. The molecule has 1 aliphatic heterocycles. The van der Waals surface area contributed by atoms with Crippen molar-refractivity contribution in [1.82, 2.24) is 10.6 Å². The fourth-order valence-corrected chi connectivity index (χ4v) is 2.93. The standard InChI is InChI=1S/C20H33N3O2.HI/c1-20(2,14-17-8-5-4-6-9-17)16-23-19(21-3)22-11-7-12-25-18-10-13-24-15-18;/h4-6,8-9,18H,7,10-16H2,1-3H3,(H2,21,22,23);1H. The van der Waals surface area contributed by atoms with Crippen molar-refractivity contribution >= 4 is 29.9 Å². The van der Waals surface area contributed by atoms with Gasteiger partial charge >= 0.3 is 0 Å². The van der Waals surface area contributed by atoms with Gasteiger partial charge in [-0.2, -0.15) is 0 Å². The smallest absolute Gasteiger partial charge is 0.190 e. The van der Waals surface area contributed by atoms with Gasteiger partial charge in [-0.25, -0.2) is 0 Å². The molecule has 0 saturated carbocycles. The number of hydrogen-bond acceptors (Lipinski definition) is 3. The van der Waals surface area contributed by atoms with E-state index in [-0.39, 0.29) is 35.5 Å². The van der Waals surface area contributed by atoms with Crippen LogP contribution in [-0.2, 0) is 15.9 Å². The molecule has 0 spiro atoms. The molecule has 26 heavy (non-hydrogen) atoms. The Morgan fingerprint density at radius 3 is 2.69 bits per heavy atom. The zero-order valence-corrected chi connectivity index (χ0v) is 18.6. The molecule has 1 aromatic rings. The van der Waals surface area contributed by atoms with Crippen LogP contribution in [0.4, 0.5) is 0 Å². The zero-order chi connectivity index (χ0) is 18.0. The lowest BCUT2D eigenvalue weighted by molar-refractivity contribution is 0.0420. The van der Waals surface area contributed by atoms with Gasteiger partial charge in [-0.05, 0) is 30.2 Å². The van der Waals surface area contributed by atoms with Crippen LogP contribution in [0.3, 0.4) is 0 Å². The quantitative estimate of drug-likeness (QED) is 0.249. The van der Waals surface area contributed by atoms with Crippen molar-refractivity contribution in [3.8, 4) is 0 Å². The van der Waals surface area contributed by atoms with Crippen LogP contribution < -0.4 is 10.6 Å². The zero-order valence-electron chi connectivity index (χ0n) is 16.3. The first-order valence-electron chi connectivity index (χ1n) is 9.27. The molecule has 2 rings (SSSR count). The summed E-state index contributed by atoms with van der Waals surface area (Å²) in [6.45, 7) is 8.61. The third kappa shape index (κ3) is 9.19. The van der Waals surface area contributed by atoms with Gasteiger partial charge in [-0.1, -0.05) is 44.2 Å². The molecule has 1 aromatic carbocycles. The monoisotopic (exact) mass is 475 g/mol. The highest BCUT2D eigenvalue weighted by molar-refractivity contribution is 14.0. The van der Waals surface area contributed by atoms with Crippen LogP contribution in [0.25, 0.3) is 0 Å². The Balaban J connectivity index is 0.00000338. The van der Waals surface area contributed by atoms with Crippen LogP contribution in [0, 0.1) is 5.41 Å². The van der Waals surface area contributed by atoms with Gasteiger partial charge in [0.25, 0.3) is 0 Å². The van der Waals surface area contributed by atoms with Crippen LogP contribution in [0.5, 0.6) is 0 Å². The SMILES string of the molecule is CN=C(NCCCOC1CCOC1)NCC(C)(C)Cc1ccccc1.I. The van der Waals surface area contributed by atoms with Crippen LogP contribution >= 0.6 is 24.0 Å². The molecule has 5 nitrogen and oxygen atoms in total. The summed E-state index contributed by atoms with van der Waals surface area (Å²) < 4.78 is 11.1. The minimum Gasteiger partial charge on any atom is -0.379 e. The molecule has 0 aromatic heterocycles. The molecule has 1 fully saturated rings. The molecule has 1 aliphatic rings. The van der Waals surface area contributed by atoms with Crippen molar-refractivity contribution in [1.29, 1.82) is 0 Å². The third-order valence-corrected chi connectivity index (χ3v) is 4.34. The topological polar surface area (TPSA) is 54.9 Å². The summed E-state index contributed by atoms with van der Waals surface area (Å²) in [6.07, 6.45) is 3.31. The second-order valence-electron chi connectivity index (χ2n) is 7.39. The van der Waals surface area contributed by atoms with E-state index in [1.807, 2.05) is 7.05 Å². The van der Waals surface area contributed by atoms with E-state index in [1.165, 1.54) is 5.56 Å². The molecule has 0 aliphatic carbocycles. The van der Waals surface area contributed by atoms with Gasteiger partial charge in [-0.3, -0.25) is 4.99 Å². The van der Waals surface area contributed by atoms with E-state index in [4.69, 9.17) is 9.47 Å². The van der Waals surface area contributed by atoms with E-state index in [2.05, 4.69) is 59.8 Å². The summed E-state index contributed by atoms with van der Waals surface area (Å²) in [7, 11) is 1.81. The largest absolute Gasteiger partial charge is 0.379 e. The minimum absolute atomic E-state index is 0. The van der Waals surface area contributed by atoms with Gasteiger partial charge in [0.05, 0.1) is 12.7 Å². The van der Waals surface area contributed by atoms with Crippen molar-refractivity contribution < 1.29 is 9.47 Å². The van der Waals surface area contributed by atoms with Gasteiger partial charge < -0.3 is 20.1 Å². The van der Waals surface area contributed by atoms with Crippen LogP contribution in [0.15, 0.2) is 35.3 Å². The summed E-state index contributed by atoms with van der Waals surface area (Å²) in [5, 5.41) is 6.80. The second kappa shape index (κ2) is 12.5. The number of hydrogen-bond donors (Lipinski definition) is 2. The molecule has 1 saturated heterocycles. The maximum Gasteiger partial charge on any atom is 0.190 e. The molecular weight excluding hydrogens is 441 g/mol. The molecular formula is C20H34IN3O2. The first-order valence-corrected chi connectivity index (χ1v) is 9.27. The maximum atomic E-state index is 5.77. The number of aliphatic imine (C=N–C) groups is 1. The molecule has 148 valence electrons. The molecule has 1 heterocycles. The predicted molar refractivity (Wildman–Crippen MR) is 118 cm³/mol. The molecule has 0 bridgehead atoms. The first-order chi connectivity index (χ1) is 12.1. The summed E-state index contributed by atoms with van der Waals surface area (Å²) >= 11 is 0. The van der Waals surface area contributed by atoms with Crippen LogP contribution in [0.1, 0.15) is 32.3 Å². The lowest BCUT2D eigenvalue weighted by atomic mass is 9.86. The van der Waals surface area contributed by atoms with Crippen molar-refractivity contribution in [2.75, 3.05) is 40.0 Å². The Morgan fingerprint density at radius 2 is 2.04 bits per heavy atom. The number of ether oxygens (including phenoxy) is 2. The van der Waals surface area contributed by atoms with E-state index in [1.54, 1.807) is 0 Å². The molecule has 1 atom stereocenters. The first kappa shape index (κ1) is 23.2. The van der Waals surface area contributed by atoms with Crippen molar-refractivity contribution in [2.45, 2.75) is 39.2 Å². The highest BCUT2D eigenvalue weighted by Crippen LogP contribution is 2.20. The Bertz CT molecular complexity index is 517. The molecule has 0 radical (unpaired) electrons. The van der Waals surface area contributed by atoms with Crippen LogP contribution in [0.2, 0.25) is 0 Å². The molecule has 1 unspecified atom stereocenters. The second-order valence-corrected chi connectivity index (χ2v) is 7.39. The number of nitrogens with zero attached hydrogens (tertiary/aromatic N) is 1. The van der Waals surface area contributed by atoms with Crippen LogP contribution in [-0.4, -0.2) is 52.0 Å². The van der Waals surface area contributed by atoms with Crippen molar-refractivity contribution in [3.63, 3.8) is 0 Å². The number of benzene rings is 1. The highest BCUT2D eigenvalue weighted by atomic mass is 127. The van der Waals surface area contributed by atoms with Gasteiger partial charge in [0.1, 0.15) is 0 Å². The minimum atomic E-state index is 0. The van der Waals surface area contributed by atoms with E-state index >= 15 is 0 Å². The normalized spacial score (nSPS) is 17.7. The summed E-state index contributed by atoms with van der Waals surface area (Å²) in [5.41, 5.74) is 1.52. The average Bonchev–Trinajstić information content (AvgIpc) is 3.11. The number of halogens is 1.